The second kappa shape index (κ2) is 7.29. The van der Waals surface area contributed by atoms with E-state index in [1.165, 1.54) is 4.90 Å². The molecule has 0 radical (unpaired) electrons. The van der Waals surface area contributed by atoms with E-state index in [-0.39, 0.29) is 17.7 Å². The van der Waals surface area contributed by atoms with Gasteiger partial charge in [0.05, 0.1) is 11.1 Å². The molecule has 0 saturated heterocycles. The molecule has 0 saturated carbocycles. The fourth-order valence-corrected chi connectivity index (χ4v) is 2.86. The summed E-state index contributed by atoms with van der Waals surface area (Å²) in [6.45, 7) is 0.383. The van der Waals surface area contributed by atoms with E-state index >= 15 is 0 Å². The van der Waals surface area contributed by atoms with Gasteiger partial charge in [-0.15, -0.1) is 0 Å². The number of carbonyl (C=O) groups excluding carboxylic acids is 3. The third-order valence-corrected chi connectivity index (χ3v) is 4.14. The molecule has 25 heavy (non-hydrogen) atoms. The number of imide groups is 1. The molecule has 3 amide bonds. The van der Waals surface area contributed by atoms with Gasteiger partial charge in [-0.1, -0.05) is 18.6 Å². The van der Waals surface area contributed by atoms with Crippen molar-refractivity contribution < 1.29 is 14.4 Å². The number of fused-ring (bicyclic) bond motifs is 1. The van der Waals surface area contributed by atoms with Gasteiger partial charge >= 0.3 is 0 Å². The van der Waals surface area contributed by atoms with E-state index in [0.29, 0.717) is 42.8 Å². The molecule has 1 N–H and O–H groups in total. The Hall–Kier alpha value is -2.96. The highest BCUT2D eigenvalue weighted by Gasteiger charge is 2.34. The van der Waals surface area contributed by atoms with E-state index in [0.717, 1.165) is 6.42 Å². The highest BCUT2D eigenvalue weighted by atomic mass is 16.2. The van der Waals surface area contributed by atoms with Gasteiger partial charge in [0.25, 0.3) is 11.8 Å². The van der Waals surface area contributed by atoms with Crippen molar-refractivity contribution in [2.75, 3.05) is 11.9 Å². The van der Waals surface area contributed by atoms with Crippen molar-refractivity contribution in [1.82, 2.24) is 14.7 Å². The molecule has 130 valence electrons. The number of hydrogen-bond donors (Lipinski definition) is 1. The average molecular weight is 340 g/mol. The van der Waals surface area contributed by atoms with Gasteiger partial charge in [-0.05, 0) is 25.0 Å². The third kappa shape index (κ3) is 3.76. The fraction of sp³-hybridized carbons (Fsp3) is 0.333. The lowest BCUT2D eigenvalue weighted by Gasteiger charge is -2.13. The van der Waals surface area contributed by atoms with Gasteiger partial charge in [0.15, 0.2) is 5.82 Å². The second-order valence-electron chi connectivity index (χ2n) is 6.04. The van der Waals surface area contributed by atoms with E-state index in [1.807, 2.05) is 0 Å². The van der Waals surface area contributed by atoms with Crippen LogP contribution in [-0.2, 0) is 11.8 Å². The summed E-state index contributed by atoms with van der Waals surface area (Å²) in [6, 6.07) is 8.61. The molecule has 0 spiro atoms. The van der Waals surface area contributed by atoms with Crippen molar-refractivity contribution in [3.05, 3.63) is 47.7 Å². The molecular weight excluding hydrogens is 320 g/mol. The molecule has 7 heteroatoms. The van der Waals surface area contributed by atoms with E-state index in [4.69, 9.17) is 0 Å². The number of aromatic nitrogens is 2. The SMILES string of the molecule is Cn1ccc(NC(=O)CCCCCN2C(=O)c3ccccc3C2=O)n1. The molecule has 0 bridgehead atoms. The molecule has 0 aliphatic carbocycles. The number of unbranched alkanes of at least 4 members (excludes halogenated alkanes) is 2. The molecule has 3 rings (SSSR count). The molecule has 0 unspecified atom stereocenters. The van der Waals surface area contributed by atoms with Crippen molar-refractivity contribution in [1.29, 1.82) is 0 Å². The Bertz CT molecular complexity index is 777. The van der Waals surface area contributed by atoms with E-state index in [2.05, 4.69) is 10.4 Å². The van der Waals surface area contributed by atoms with E-state index < -0.39 is 0 Å². The number of benzene rings is 1. The first kappa shape index (κ1) is 16.9. The van der Waals surface area contributed by atoms with Crippen LogP contribution in [0.25, 0.3) is 0 Å². The molecule has 0 fully saturated rings. The Labute approximate surface area is 145 Å². The fourth-order valence-electron chi connectivity index (χ4n) is 2.86. The molecule has 1 aromatic carbocycles. The predicted octanol–water partition coefficient (Wildman–Crippen LogP) is 2.22. The summed E-state index contributed by atoms with van der Waals surface area (Å²) < 4.78 is 1.62. The standard InChI is InChI=1S/C18H20N4O3/c1-21-12-10-15(20-21)19-16(23)9-3-2-6-11-22-17(24)13-7-4-5-8-14(13)18(22)25/h4-5,7-8,10,12H,2-3,6,9,11H2,1H3,(H,19,20,23). The van der Waals surface area contributed by atoms with Crippen molar-refractivity contribution in [2.45, 2.75) is 25.7 Å². The highest BCUT2D eigenvalue weighted by molar-refractivity contribution is 6.21. The number of amides is 3. The minimum atomic E-state index is -0.228. The largest absolute Gasteiger partial charge is 0.309 e. The number of anilines is 1. The maximum Gasteiger partial charge on any atom is 0.261 e. The summed E-state index contributed by atoms with van der Waals surface area (Å²) in [7, 11) is 1.79. The summed E-state index contributed by atoms with van der Waals surface area (Å²) in [5.41, 5.74) is 0.949. The molecular formula is C18H20N4O3. The quantitative estimate of drug-likeness (QED) is 0.619. The first-order valence-corrected chi connectivity index (χ1v) is 8.31. The summed E-state index contributed by atoms with van der Waals surface area (Å²) in [5.74, 6) is -0.0000509. The molecule has 0 atom stereocenters. The lowest BCUT2D eigenvalue weighted by Crippen LogP contribution is -2.30. The van der Waals surface area contributed by atoms with Crippen LogP contribution in [0.2, 0.25) is 0 Å². The van der Waals surface area contributed by atoms with Crippen LogP contribution in [0.5, 0.6) is 0 Å². The molecule has 1 aliphatic heterocycles. The van der Waals surface area contributed by atoms with Gasteiger partial charge in [0.2, 0.25) is 5.91 Å². The minimum Gasteiger partial charge on any atom is -0.309 e. The number of carbonyl (C=O) groups is 3. The van der Waals surface area contributed by atoms with Crippen molar-refractivity contribution >= 4 is 23.5 Å². The summed E-state index contributed by atoms with van der Waals surface area (Å²) in [4.78, 5) is 37.5. The van der Waals surface area contributed by atoms with Crippen LogP contribution in [0.4, 0.5) is 5.82 Å². The van der Waals surface area contributed by atoms with Crippen molar-refractivity contribution in [2.24, 2.45) is 7.05 Å². The van der Waals surface area contributed by atoms with E-state index in [9.17, 15) is 14.4 Å². The Morgan fingerprint density at radius 2 is 1.72 bits per heavy atom. The van der Waals surface area contributed by atoms with Crippen molar-refractivity contribution in [3.8, 4) is 0 Å². The molecule has 1 aliphatic rings. The molecule has 7 nitrogen and oxygen atoms in total. The monoisotopic (exact) mass is 340 g/mol. The van der Waals surface area contributed by atoms with Crippen LogP contribution < -0.4 is 5.32 Å². The lowest BCUT2D eigenvalue weighted by molar-refractivity contribution is -0.116. The second-order valence-corrected chi connectivity index (χ2v) is 6.04. The number of rotatable bonds is 7. The first-order valence-electron chi connectivity index (χ1n) is 8.31. The number of hydrogen-bond acceptors (Lipinski definition) is 4. The van der Waals surface area contributed by atoms with Crippen LogP contribution in [0.3, 0.4) is 0 Å². The van der Waals surface area contributed by atoms with Gasteiger partial charge < -0.3 is 5.32 Å². The smallest absolute Gasteiger partial charge is 0.261 e. The van der Waals surface area contributed by atoms with Gasteiger partial charge in [0.1, 0.15) is 0 Å². The van der Waals surface area contributed by atoms with Crippen LogP contribution in [0, 0.1) is 0 Å². The number of nitrogens with zero attached hydrogens (tertiary/aromatic N) is 3. The van der Waals surface area contributed by atoms with Crippen molar-refractivity contribution in [3.63, 3.8) is 0 Å². The normalized spacial score (nSPS) is 13.2. The van der Waals surface area contributed by atoms with E-state index in [1.54, 1.807) is 48.3 Å². The zero-order chi connectivity index (χ0) is 17.8. The topological polar surface area (TPSA) is 84.3 Å². The van der Waals surface area contributed by atoms with Gasteiger partial charge in [0, 0.05) is 32.3 Å². The summed E-state index contributed by atoms with van der Waals surface area (Å²) in [5, 5.41) is 6.82. The van der Waals surface area contributed by atoms with Crippen LogP contribution in [0.1, 0.15) is 46.4 Å². The predicted molar refractivity (Wildman–Crippen MR) is 92.1 cm³/mol. The molecule has 1 aromatic heterocycles. The zero-order valence-electron chi connectivity index (χ0n) is 14.1. The average Bonchev–Trinajstić information content (AvgIpc) is 3.11. The van der Waals surface area contributed by atoms with Gasteiger partial charge in [-0.3, -0.25) is 24.0 Å². The van der Waals surface area contributed by atoms with Gasteiger partial charge in [-0.25, -0.2) is 0 Å². The first-order chi connectivity index (χ1) is 12.1. The Balaban J connectivity index is 1.39. The van der Waals surface area contributed by atoms with Gasteiger partial charge in [-0.2, -0.15) is 5.10 Å². The summed E-state index contributed by atoms with van der Waals surface area (Å²) >= 11 is 0. The highest BCUT2D eigenvalue weighted by Crippen LogP contribution is 2.22. The summed E-state index contributed by atoms with van der Waals surface area (Å²) in [6.07, 6.45) is 4.30. The maximum absolute atomic E-state index is 12.2. The molecule has 2 heterocycles. The Morgan fingerprint density at radius 1 is 1.04 bits per heavy atom. The van der Waals surface area contributed by atoms with Crippen LogP contribution >= 0.6 is 0 Å². The maximum atomic E-state index is 12.2. The number of aryl methyl sites for hydroxylation is 1. The minimum absolute atomic E-state index is 0.0839. The number of nitrogens with one attached hydrogen (secondary N) is 1. The Morgan fingerprint density at radius 3 is 2.32 bits per heavy atom. The Kier molecular flexibility index (Phi) is 4.92. The molecule has 2 aromatic rings. The van der Waals surface area contributed by atoms with Crippen LogP contribution in [0.15, 0.2) is 36.5 Å². The third-order valence-electron chi connectivity index (χ3n) is 4.14. The lowest BCUT2D eigenvalue weighted by atomic mass is 10.1. The van der Waals surface area contributed by atoms with Crippen LogP contribution in [-0.4, -0.2) is 38.9 Å². The zero-order valence-corrected chi connectivity index (χ0v) is 14.1.